The quantitative estimate of drug-likeness (QED) is 0.0632. The normalized spacial score (nSPS) is 9.44. The van der Waals surface area contributed by atoms with Gasteiger partial charge in [-0.1, -0.05) is 115 Å². The molecule has 7 aromatic rings. The van der Waals surface area contributed by atoms with Crippen LogP contribution in [0.1, 0.15) is 53.3 Å². The Morgan fingerprint density at radius 1 is 0.394 bits per heavy atom. The molecule has 0 unspecified atom stereocenters. The molecule has 0 bridgehead atoms. The number of thiol groups is 4. The maximum Gasteiger partial charge on any atom is 0.338 e. The zero-order valence-corrected chi connectivity index (χ0v) is 42.8. The summed E-state index contributed by atoms with van der Waals surface area (Å²) in [6.07, 6.45) is 0. The highest BCUT2D eigenvalue weighted by Crippen LogP contribution is 2.14. The predicted molar refractivity (Wildman–Crippen MR) is 280 cm³/mol. The van der Waals surface area contributed by atoms with Crippen LogP contribution < -0.4 is 0 Å². The highest BCUT2D eigenvalue weighted by molar-refractivity contribution is 9.11. The summed E-state index contributed by atoms with van der Waals surface area (Å²) in [5.41, 5.74) is 4.31. The van der Waals surface area contributed by atoms with E-state index in [1.165, 1.54) is 59.7 Å². The van der Waals surface area contributed by atoms with Crippen LogP contribution in [0.25, 0.3) is 0 Å². The lowest BCUT2D eigenvalue weighted by atomic mass is 10.2. The first-order valence-corrected chi connectivity index (χ1v) is 23.7. The summed E-state index contributed by atoms with van der Waals surface area (Å²) >= 11 is 26.1. The molecule has 6 nitrogen and oxygen atoms in total. The lowest BCUT2D eigenvalue weighted by Gasteiger charge is -1.94. The monoisotopic (exact) mass is 1170 g/mol. The zero-order valence-electron chi connectivity index (χ0n) is 34.5. The lowest BCUT2D eigenvalue weighted by molar-refractivity contribution is 0.0682. The lowest BCUT2D eigenvalue weighted by Crippen LogP contribution is -1.98. The number of carboxylic acid groups (broad SMARTS) is 3. The molecule has 0 radical (unpaired) electrons. The van der Waals surface area contributed by atoms with E-state index in [2.05, 4.69) is 123 Å². The van der Waals surface area contributed by atoms with Crippen LogP contribution in [-0.2, 0) is 23.0 Å². The zero-order chi connectivity index (χ0) is 49.4. The van der Waals surface area contributed by atoms with Crippen molar-refractivity contribution in [2.45, 2.75) is 23.0 Å². The molecule has 0 aliphatic heterocycles. The van der Waals surface area contributed by atoms with Crippen LogP contribution in [0.3, 0.4) is 0 Å². The van der Waals surface area contributed by atoms with E-state index in [1.807, 2.05) is 24.3 Å². The molecule has 7 rings (SSSR count). The van der Waals surface area contributed by atoms with Crippen LogP contribution in [0.2, 0.25) is 0 Å². The van der Waals surface area contributed by atoms with Gasteiger partial charge in [-0.05, 0) is 125 Å². The van der Waals surface area contributed by atoms with Gasteiger partial charge in [-0.15, -0.1) is 0 Å². The molecule has 0 aliphatic rings. The summed E-state index contributed by atoms with van der Waals surface area (Å²) < 4.78 is 52.5. The van der Waals surface area contributed by atoms with Crippen molar-refractivity contribution in [1.29, 1.82) is 0 Å². The Morgan fingerprint density at radius 3 is 1.14 bits per heavy atom. The average molecular weight is 1170 g/mol. The number of aromatic carboxylic acids is 3. The van der Waals surface area contributed by atoms with Gasteiger partial charge < -0.3 is 15.3 Å². The molecule has 0 atom stereocenters. The maximum absolute atomic E-state index is 12.5. The minimum absolute atomic E-state index is 0.0985. The molecule has 0 heterocycles. The number of halogens is 7. The molecule has 0 spiro atoms. The van der Waals surface area contributed by atoms with E-state index in [-0.39, 0.29) is 22.8 Å². The first-order chi connectivity index (χ1) is 31.4. The van der Waals surface area contributed by atoms with Gasteiger partial charge in [0, 0.05) is 36.4 Å². The number of hydrogen-bond donors (Lipinski definition) is 7. The molecule has 0 saturated carbocycles. The largest absolute Gasteiger partial charge is 0.478 e. The summed E-state index contributed by atoms with van der Waals surface area (Å²) in [6, 6.07) is 45.6. The van der Waals surface area contributed by atoms with Gasteiger partial charge in [-0.2, -0.15) is 50.5 Å². The number of benzene rings is 7. The van der Waals surface area contributed by atoms with E-state index >= 15 is 0 Å². The van der Waals surface area contributed by atoms with E-state index < -0.39 is 29.5 Å². The van der Waals surface area contributed by atoms with Crippen molar-refractivity contribution in [2.24, 2.45) is 0 Å². The molecule has 0 amide bonds. The summed E-state index contributed by atoms with van der Waals surface area (Å²) in [5.74, 6) is -1.92. The van der Waals surface area contributed by atoms with Gasteiger partial charge in [0.1, 0.15) is 23.3 Å². The van der Waals surface area contributed by atoms with Crippen LogP contribution in [0.4, 0.5) is 17.6 Å². The van der Waals surface area contributed by atoms with Crippen molar-refractivity contribution in [1.82, 2.24) is 0 Å². The van der Waals surface area contributed by atoms with Crippen LogP contribution >= 0.6 is 98.3 Å². The molecule has 66 heavy (non-hydrogen) atoms. The summed E-state index contributed by atoms with van der Waals surface area (Å²) in [6.45, 7) is 0. The van der Waals surface area contributed by atoms with E-state index in [4.69, 9.17) is 15.3 Å². The SMILES string of the molecule is Fc1ccc(CS)cc1.Fc1ccccc1CS.O=C(O)c1ccc(Br)cc1.O=C(O)c1ccc(F)cc1.O=C(O)c1ccccc1F.SCc1ccc(Br)cc1.SCc1cccc(Br)c1. The molecule has 7 aromatic carbocycles. The number of hydrogen-bond acceptors (Lipinski definition) is 7. The summed E-state index contributed by atoms with van der Waals surface area (Å²) in [7, 11) is 0. The number of carbonyl (C=O) groups is 3. The maximum atomic E-state index is 12.5. The van der Waals surface area contributed by atoms with Crippen molar-refractivity contribution in [3.63, 3.8) is 0 Å². The van der Waals surface area contributed by atoms with Crippen LogP contribution in [0.5, 0.6) is 0 Å². The molecular weight excluding hydrogens is 1130 g/mol. The third-order valence-electron chi connectivity index (χ3n) is 7.68. The second kappa shape index (κ2) is 34.8. The summed E-state index contributed by atoms with van der Waals surface area (Å²) in [5, 5.41) is 25.1. The Balaban J connectivity index is 0.000000385. The molecular formula is C49H43Br3F4O6S4. The van der Waals surface area contributed by atoms with Crippen LogP contribution in [0, 0.1) is 23.3 Å². The molecule has 0 fully saturated rings. The summed E-state index contributed by atoms with van der Waals surface area (Å²) in [4.78, 5) is 30.7. The van der Waals surface area contributed by atoms with Crippen LogP contribution in [0.15, 0.2) is 183 Å². The smallest absolute Gasteiger partial charge is 0.338 e. The van der Waals surface area contributed by atoms with Gasteiger partial charge in [-0.25, -0.2) is 31.9 Å². The Hall–Kier alpha value is -4.49. The van der Waals surface area contributed by atoms with E-state index in [0.29, 0.717) is 22.6 Å². The van der Waals surface area contributed by atoms with E-state index in [9.17, 15) is 31.9 Å². The van der Waals surface area contributed by atoms with Crippen molar-refractivity contribution in [3.05, 3.63) is 245 Å². The standard InChI is InChI=1S/C7H5BrO2.2C7H7BrS.2C7H5FO2.2C7H7FS/c8-6-3-1-5(2-4-6)7(9)10;8-7-3-1-6(5-9)2-4-7;8-7-3-1-2-6(4-7)5-9;8-6-3-1-5(2-4-6)7(9)10;8-6-4-2-1-3-5(6)7(9)10;8-7-3-1-6(5-9)2-4-7;8-7-4-2-1-3-6(7)5-9/h1-4H,(H,9,10);2*1-4,9H,5H2;2*1-4H,(H,9,10);2*1-4,9H,5H2. The molecule has 3 N–H and O–H groups in total. The average Bonchev–Trinajstić information content (AvgIpc) is 3.31. The molecule has 17 heteroatoms. The Labute approximate surface area is 428 Å². The van der Waals surface area contributed by atoms with Crippen molar-refractivity contribution < 1.29 is 47.3 Å². The molecule has 0 saturated heterocycles. The molecule has 0 aromatic heterocycles. The fourth-order valence-electron chi connectivity index (χ4n) is 4.26. The third-order valence-corrected chi connectivity index (χ3v) is 10.7. The second-order valence-corrected chi connectivity index (χ2v) is 16.5. The fraction of sp³-hybridized carbons (Fsp3) is 0.0816. The Bertz CT molecular complexity index is 2390. The predicted octanol–water partition coefficient (Wildman–Crippen LogP) is 15.5. The van der Waals surface area contributed by atoms with E-state index in [0.717, 1.165) is 48.7 Å². The number of carboxylic acids is 3. The second-order valence-electron chi connectivity index (χ2n) is 12.5. The molecule has 348 valence electrons. The first-order valence-electron chi connectivity index (χ1n) is 18.8. The topological polar surface area (TPSA) is 112 Å². The van der Waals surface area contributed by atoms with Gasteiger partial charge in [0.05, 0.1) is 16.7 Å². The Morgan fingerprint density at radius 2 is 0.788 bits per heavy atom. The first kappa shape index (κ1) is 59.5. The minimum atomic E-state index is -1.24. The highest BCUT2D eigenvalue weighted by atomic mass is 79.9. The van der Waals surface area contributed by atoms with Crippen molar-refractivity contribution >= 4 is 116 Å². The highest BCUT2D eigenvalue weighted by Gasteiger charge is 2.06. The van der Waals surface area contributed by atoms with E-state index in [1.54, 1.807) is 54.6 Å². The van der Waals surface area contributed by atoms with Gasteiger partial charge in [-0.3, -0.25) is 0 Å². The van der Waals surface area contributed by atoms with Crippen molar-refractivity contribution in [2.75, 3.05) is 0 Å². The van der Waals surface area contributed by atoms with Gasteiger partial charge in [0.25, 0.3) is 0 Å². The van der Waals surface area contributed by atoms with Crippen molar-refractivity contribution in [3.8, 4) is 0 Å². The number of rotatable bonds is 7. The van der Waals surface area contributed by atoms with Gasteiger partial charge in [0.15, 0.2) is 0 Å². The van der Waals surface area contributed by atoms with Crippen LogP contribution in [-0.4, -0.2) is 33.2 Å². The third kappa shape index (κ3) is 26.6. The molecule has 0 aliphatic carbocycles. The fourth-order valence-corrected chi connectivity index (χ4v) is 6.11. The minimum Gasteiger partial charge on any atom is -0.478 e. The Kier molecular flexibility index (Phi) is 31.4. The van der Waals surface area contributed by atoms with Gasteiger partial charge in [0.2, 0.25) is 0 Å². The van der Waals surface area contributed by atoms with Gasteiger partial charge >= 0.3 is 17.9 Å².